The molecule has 4 aliphatic carbocycles. The molecule has 2 fully saturated rings. The van der Waals surface area contributed by atoms with Crippen molar-refractivity contribution in [3.05, 3.63) is 94.1 Å². The van der Waals surface area contributed by atoms with Crippen LogP contribution in [-0.4, -0.2) is 41.3 Å². The van der Waals surface area contributed by atoms with E-state index in [2.05, 4.69) is 17.2 Å². The summed E-state index contributed by atoms with van der Waals surface area (Å²) < 4.78 is 76.9. The molecule has 0 saturated heterocycles. The summed E-state index contributed by atoms with van der Waals surface area (Å²) in [5, 5.41) is 14.1. The van der Waals surface area contributed by atoms with Gasteiger partial charge in [0, 0.05) is 29.9 Å². The number of nitrogens with one attached hydrogen (secondary N) is 1. The van der Waals surface area contributed by atoms with E-state index in [0.29, 0.717) is 37.8 Å². The summed E-state index contributed by atoms with van der Waals surface area (Å²) >= 11 is 0. The lowest BCUT2D eigenvalue weighted by Crippen LogP contribution is -2.65. The zero-order valence-electron chi connectivity index (χ0n) is 25.9. The van der Waals surface area contributed by atoms with Crippen LogP contribution < -0.4 is 5.32 Å². The quantitative estimate of drug-likeness (QED) is 0.255. The number of carbonyl (C=O) groups is 2. The third-order valence-corrected chi connectivity index (χ3v) is 10.9. The monoisotopic (exact) mass is 653 g/mol. The Morgan fingerprint density at radius 3 is 2.45 bits per heavy atom. The van der Waals surface area contributed by atoms with Crippen molar-refractivity contribution >= 4 is 11.9 Å². The van der Waals surface area contributed by atoms with Gasteiger partial charge in [0.2, 0.25) is 0 Å². The molecule has 0 bridgehead atoms. The van der Waals surface area contributed by atoms with Crippen molar-refractivity contribution in [2.24, 2.45) is 17.3 Å². The summed E-state index contributed by atoms with van der Waals surface area (Å²) in [5.41, 5.74) is 0.216. The number of alkyl halides is 5. The molecule has 0 spiro atoms. The van der Waals surface area contributed by atoms with Gasteiger partial charge in [-0.1, -0.05) is 66.8 Å². The number of aliphatic hydroxyl groups is 1. The highest BCUT2D eigenvalue weighted by molar-refractivity contribution is 5.93. The van der Waals surface area contributed by atoms with E-state index in [9.17, 15) is 27.9 Å². The Morgan fingerprint density at radius 2 is 1.74 bits per heavy atom. The summed E-state index contributed by atoms with van der Waals surface area (Å²) in [7, 11) is 0. The van der Waals surface area contributed by atoms with Gasteiger partial charge in [0.1, 0.15) is 5.60 Å². The third-order valence-electron chi connectivity index (χ3n) is 10.9. The molecule has 1 amide bonds. The van der Waals surface area contributed by atoms with Crippen molar-refractivity contribution < 1.29 is 41.4 Å². The van der Waals surface area contributed by atoms with Gasteiger partial charge in [-0.2, -0.15) is 22.0 Å². The second-order valence-electron chi connectivity index (χ2n) is 13.3. The number of benzene rings is 2. The standard InChI is InChI=1S/C37H36F5NO4/c1-34-21-30(25-11-9-23(10-12-25)8-5-19-47-33(45)43-22-24-6-3-2-4-7-24)32-28-16-14-27(44)20-26(28)13-15-29(32)31(34)17-18-35(34,46)36(38,39)37(40,41)42/h2-4,6-7,9-12,20,29-31,46H,13-19,21-22H2,1H3,(H,43,45)/t29?,30-,31?,34+,35+/m1/s1. The third kappa shape index (κ3) is 5.77. The largest absolute Gasteiger partial charge is 0.456 e. The minimum absolute atomic E-state index is 0.0284. The van der Waals surface area contributed by atoms with E-state index in [-0.39, 0.29) is 31.1 Å². The fourth-order valence-corrected chi connectivity index (χ4v) is 8.57. The first-order chi connectivity index (χ1) is 22.2. The van der Waals surface area contributed by atoms with Crippen LogP contribution in [-0.2, 0) is 16.1 Å². The van der Waals surface area contributed by atoms with Crippen molar-refractivity contribution in [1.82, 2.24) is 5.32 Å². The van der Waals surface area contributed by atoms with E-state index in [1.807, 2.05) is 30.3 Å². The summed E-state index contributed by atoms with van der Waals surface area (Å²) in [5.74, 6) is -0.916. The number of hydrogen-bond donors (Lipinski definition) is 2. The molecule has 6 rings (SSSR count). The molecule has 0 aliphatic heterocycles. The second-order valence-corrected chi connectivity index (χ2v) is 13.3. The molecular weight excluding hydrogens is 617 g/mol. The van der Waals surface area contributed by atoms with E-state index in [0.717, 1.165) is 27.8 Å². The molecule has 0 heterocycles. The minimum atomic E-state index is -5.90. The normalized spacial score (nSPS) is 28.7. The molecule has 248 valence electrons. The summed E-state index contributed by atoms with van der Waals surface area (Å²) in [4.78, 5) is 24.3. The lowest BCUT2D eigenvalue weighted by atomic mass is 9.50. The fourth-order valence-electron chi connectivity index (χ4n) is 8.57. The molecule has 4 aliphatic rings. The Morgan fingerprint density at radius 1 is 1.02 bits per heavy atom. The van der Waals surface area contributed by atoms with Crippen LogP contribution in [0.15, 0.2) is 77.4 Å². The van der Waals surface area contributed by atoms with Crippen molar-refractivity contribution in [2.45, 2.75) is 82.0 Å². The Kier molecular flexibility index (Phi) is 8.58. The van der Waals surface area contributed by atoms with Crippen LogP contribution in [0, 0.1) is 29.1 Å². The molecule has 0 radical (unpaired) electrons. The van der Waals surface area contributed by atoms with Gasteiger partial charge in [-0.25, -0.2) is 4.79 Å². The Labute approximate surface area is 270 Å². The number of amides is 1. The van der Waals surface area contributed by atoms with Crippen molar-refractivity contribution in [2.75, 3.05) is 6.61 Å². The van der Waals surface area contributed by atoms with Gasteiger partial charge >= 0.3 is 18.2 Å². The maximum atomic E-state index is 15.2. The second kappa shape index (κ2) is 12.2. The van der Waals surface area contributed by atoms with E-state index < -0.39 is 47.5 Å². The predicted molar refractivity (Wildman–Crippen MR) is 164 cm³/mol. The maximum Gasteiger partial charge on any atom is 0.456 e. The zero-order valence-corrected chi connectivity index (χ0v) is 25.9. The molecule has 2 unspecified atom stereocenters. The number of rotatable bonds is 5. The van der Waals surface area contributed by atoms with Gasteiger partial charge in [0.05, 0.1) is 0 Å². The van der Waals surface area contributed by atoms with Crippen LogP contribution in [0.2, 0.25) is 0 Å². The lowest BCUT2D eigenvalue weighted by molar-refractivity contribution is -0.362. The molecule has 0 aromatic heterocycles. The number of hydrogen-bond acceptors (Lipinski definition) is 4. The average Bonchev–Trinajstić information content (AvgIpc) is 3.33. The highest BCUT2D eigenvalue weighted by atomic mass is 19.4. The SMILES string of the molecule is C[C@]12C[C@H](c3ccc(C#CCOC(=O)NCc4ccccc4)cc3)C3=C4CCC(=O)C=C4CCC3C1CC[C@@]2(O)C(F)(F)C(F)(F)F. The molecule has 10 heteroatoms. The van der Waals surface area contributed by atoms with Gasteiger partial charge in [-0.15, -0.1) is 0 Å². The van der Waals surface area contributed by atoms with Crippen molar-refractivity contribution in [3.63, 3.8) is 0 Å². The average molecular weight is 654 g/mol. The van der Waals surface area contributed by atoms with Crippen molar-refractivity contribution in [3.8, 4) is 11.8 Å². The Bertz CT molecular complexity index is 1670. The summed E-state index contributed by atoms with van der Waals surface area (Å²) in [6.07, 6.45) is -3.64. The molecule has 5 atom stereocenters. The molecule has 47 heavy (non-hydrogen) atoms. The number of alkyl carbamates (subject to hydrolysis) is 1. The van der Waals surface area contributed by atoms with Crippen LogP contribution in [0.4, 0.5) is 26.7 Å². The van der Waals surface area contributed by atoms with Crippen LogP contribution >= 0.6 is 0 Å². The van der Waals surface area contributed by atoms with Gasteiger partial charge in [0.25, 0.3) is 0 Å². The van der Waals surface area contributed by atoms with Gasteiger partial charge in [-0.3, -0.25) is 4.79 Å². The van der Waals surface area contributed by atoms with E-state index in [1.165, 1.54) is 6.92 Å². The van der Waals surface area contributed by atoms with Gasteiger partial charge in [-0.05, 0) is 90.8 Å². The number of allylic oxidation sites excluding steroid dienone is 4. The predicted octanol–water partition coefficient (Wildman–Crippen LogP) is 7.79. The van der Waals surface area contributed by atoms with Crippen LogP contribution in [0.1, 0.15) is 74.5 Å². The number of carbonyl (C=O) groups excluding carboxylic acids is 2. The number of ether oxygens (including phenoxy) is 1. The van der Waals surface area contributed by atoms with Gasteiger partial charge < -0.3 is 15.2 Å². The lowest BCUT2D eigenvalue weighted by Gasteiger charge is -2.56. The van der Waals surface area contributed by atoms with E-state index in [1.54, 1.807) is 30.3 Å². The maximum absolute atomic E-state index is 15.2. The topological polar surface area (TPSA) is 75.6 Å². The fraction of sp³-hybridized carbons (Fsp3) is 0.459. The van der Waals surface area contributed by atoms with Crippen LogP contribution in [0.5, 0.6) is 0 Å². The molecular formula is C37H36F5NO4. The van der Waals surface area contributed by atoms with Gasteiger partial charge in [0.15, 0.2) is 12.4 Å². The van der Waals surface area contributed by atoms with Crippen LogP contribution in [0.25, 0.3) is 0 Å². The summed E-state index contributed by atoms with van der Waals surface area (Å²) in [6, 6.07) is 16.4. The summed E-state index contributed by atoms with van der Waals surface area (Å²) in [6.45, 7) is 1.57. The smallest absolute Gasteiger partial charge is 0.436 e. The molecule has 5 nitrogen and oxygen atoms in total. The first kappa shape index (κ1) is 33.0. The molecule has 2 saturated carbocycles. The van der Waals surface area contributed by atoms with Crippen molar-refractivity contribution in [1.29, 1.82) is 0 Å². The molecule has 2 N–H and O–H groups in total. The number of ketones is 1. The number of fused-ring (bicyclic) bond motifs is 4. The first-order valence-electron chi connectivity index (χ1n) is 15.9. The zero-order chi connectivity index (χ0) is 33.6. The highest BCUT2D eigenvalue weighted by Crippen LogP contribution is 2.70. The van der Waals surface area contributed by atoms with E-state index in [4.69, 9.17) is 4.74 Å². The Hall–Kier alpha value is -3.97. The molecule has 2 aromatic rings. The Balaban J connectivity index is 1.26. The number of halogens is 5. The minimum Gasteiger partial charge on any atom is -0.436 e. The molecule has 2 aromatic carbocycles. The van der Waals surface area contributed by atoms with E-state index >= 15 is 8.78 Å². The highest BCUT2D eigenvalue weighted by Gasteiger charge is 2.79. The first-order valence-corrected chi connectivity index (χ1v) is 15.9. The van der Waals surface area contributed by atoms with Crippen LogP contribution in [0.3, 0.4) is 0 Å².